The normalized spacial score (nSPS) is 10.6. The molecule has 2 amide bonds. The molecule has 0 aromatic carbocycles. The minimum atomic E-state index is -0.668. The topological polar surface area (TPSA) is 108 Å². The van der Waals surface area contributed by atoms with E-state index in [2.05, 4.69) is 15.5 Å². The van der Waals surface area contributed by atoms with Crippen molar-refractivity contribution in [3.63, 3.8) is 0 Å². The summed E-state index contributed by atoms with van der Waals surface area (Å²) in [5.41, 5.74) is 6.31. The highest BCUT2D eigenvalue weighted by Gasteiger charge is 2.17. The van der Waals surface area contributed by atoms with Crippen LogP contribution < -0.4 is 11.1 Å². The van der Waals surface area contributed by atoms with Crippen molar-refractivity contribution in [2.24, 2.45) is 12.8 Å². The van der Waals surface area contributed by atoms with E-state index in [1.165, 1.54) is 21.8 Å². The molecule has 0 aliphatic heterocycles. The third-order valence-corrected chi connectivity index (χ3v) is 3.15. The number of rotatable bonds is 4. The molecule has 20 heavy (non-hydrogen) atoms. The Hall–Kier alpha value is -2.35. The fraction of sp³-hybridized carbons (Fsp3) is 0.273. The predicted molar refractivity (Wildman–Crippen MR) is 72.3 cm³/mol. The summed E-state index contributed by atoms with van der Waals surface area (Å²) < 4.78 is 2.76. The molecule has 8 nitrogen and oxygen atoms in total. The lowest BCUT2D eigenvalue weighted by Gasteiger charge is -2.06. The summed E-state index contributed by atoms with van der Waals surface area (Å²) in [5, 5.41) is 10.9. The Kier molecular flexibility index (Phi) is 3.75. The van der Waals surface area contributed by atoms with Crippen molar-refractivity contribution in [1.29, 1.82) is 0 Å². The molecule has 3 N–H and O–H groups in total. The first kappa shape index (κ1) is 14.1. The summed E-state index contributed by atoms with van der Waals surface area (Å²) >= 11 is 5.85. The second-order valence-corrected chi connectivity index (χ2v) is 4.59. The maximum Gasteiger partial charge on any atom is 0.269 e. The number of anilines is 1. The maximum absolute atomic E-state index is 11.9. The summed E-state index contributed by atoms with van der Waals surface area (Å²) in [4.78, 5) is 23.2. The maximum atomic E-state index is 11.9. The number of aromatic nitrogens is 4. The molecule has 0 saturated heterocycles. The van der Waals surface area contributed by atoms with Gasteiger partial charge in [-0.25, -0.2) is 0 Å². The van der Waals surface area contributed by atoms with Crippen molar-refractivity contribution in [1.82, 2.24) is 19.6 Å². The quantitative estimate of drug-likeness (QED) is 0.846. The van der Waals surface area contributed by atoms with Gasteiger partial charge >= 0.3 is 0 Å². The summed E-state index contributed by atoms with van der Waals surface area (Å²) in [6, 6.07) is 0. The van der Waals surface area contributed by atoms with Gasteiger partial charge in [-0.2, -0.15) is 10.2 Å². The van der Waals surface area contributed by atoms with Crippen molar-refractivity contribution in [3.8, 4) is 0 Å². The van der Waals surface area contributed by atoms with Gasteiger partial charge in [0.1, 0.15) is 12.2 Å². The van der Waals surface area contributed by atoms with Gasteiger partial charge in [-0.1, -0.05) is 11.6 Å². The Balaban J connectivity index is 2.13. The van der Waals surface area contributed by atoms with Crippen LogP contribution in [-0.2, 0) is 18.4 Å². The molecule has 2 heterocycles. The van der Waals surface area contributed by atoms with Crippen LogP contribution in [0.3, 0.4) is 0 Å². The first-order valence-corrected chi connectivity index (χ1v) is 6.07. The second-order valence-electron chi connectivity index (χ2n) is 4.18. The van der Waals surface area contributed by atoms with Gasteiger partial charge in [0.2, 0.25) is 5.91 Å². The van der Waals surface area contributed by atoms with Crippen molar-refractivity contribution < 1.29 is 9.59 Å². The molecule has 0 atom stereocenters. The summed E-state index contributed by atoms with van der Waals surface area (Å²) in [6.45, 7) is 1.73. The lowest BCUT2D eigenvalue weighted by Crippen LogP contribution is -2.23. The van der Waals surface area contributed by atoms with Crippen molar-refractivity contribution >= 4 is 29.1 Å². The standard InChI is InChI=1S/C11H13ClN6O2/c1-6-7(12)3-15-18(6)5-9(19)16-8-4-14-17(2)10(8)11(13)20/h3-4H,5H2,1-2H3,(H2,13,20)(H,16,19). The van der Waals surface area contributed by atoms with Crippen LogP contribution in [0.25, 0.3) is 0 Å². The Labute approximate surface area is 119 Å². The van der Waals surface area contributed by atoms with E-state index < -0.39 is 5.91 Å². The van der Waals surface area contributed by atoms with Gasteiger partial charge in [0.15, 0.2) is 0 Å². The number of carbonyl (C=O) groups excluding carboxylic acids is 2. The number of halogens is 1. The van der Waals surface area contributed by atoms with Crippen LogP contribution in [0.1, 0.15) is 16.2 Å². The third-order valence-electron chi connectivity index (χ3n) is 2.78. The monoisotopic (exact) mass is 296 g/mol. The van der Waals surface area contributed by atoms with Crippen LogP contribution in [-0.4, -0.2) is 31.4 Å². The molecule has 0 aliphatic rings. The van der Waals surface area contributed by atoms with E-state index in [0.29, 0.717) is 10.7 Å². The van der Waals surface area contributed by atoms with E-state index in [1.807, 2.05) is 0 Å². The van der Waals surface area contributed by atoms with Crippen LogP contribution >= 0.6 is 11.6 Å². The Bertz CT molecular complexity index is 675. The third kappa shape index (κ3) is 2.64. The summed E-state index contributed by atoms with van der Waals surface area (Å²) in [5.74, 6) is -1.03. The van der Waals surface area contributed by atoms with Gasteiger partial charge < -0.3 is 11.1 Å². The first-order valence-electron chi connectivity index (χ1n) is 5.69. The molecule has 2 rings (SSSR count). The van der Waals surface area contributed by atoms with Crippen LogP contribution in [0.5, 0.6) is 0 Å². The molecular weight excluding hydrogens is 284 g/mol. The van der Waals surface area contributed by atoms with Crippen LogP contribution in [0.15, 0.2) is 12.4 Å². The largest absolute Gasteiger partial charge is 0.364 e. The fourth-order valence-electron chi connectivity index (χ4n) is 1.73. The number of hydrogen-bond acceptors (Lipinski definition) is 4. The number of nitrogens with one attached hydrogen (secondary N) is 1. The number of carbonyl (C=O) groups is 2. The number of primary amides is 1. The number of aryl methyl sites for hydroxylation is 1. The molecule has 0 unspecified atom stereocenters. The molecule has 106 valence electrons. The van der Waals surface area contributed by atoms with Gasteiger partial charge in [0, 0.05) is 7.05 Å². The van der Waals surface area contributed by atoms with Crippen LogP contribution in [0, 0.1) is 6.92 Å². The smallest absolute Gasteiger partial charge is 0.269 e. The molecule has 2 aromatic heterocycles. The van der Waals surface area contributed by atoms with E-state index in [-0.39, 0.29) is 23.8 Å². The number of hydrogen-bond donors (Lipinski definition) is 2. The van der Waals surface area contributed by atoms with E-state index in [9.17, 15) is 9.59 Å². The first-order chi connectivity index (χ1) is 9.40. The van der Waals surface area contributed by atoms with Crippen molar-refractivity contribution in [2.45, 2.75) is 13.5 Å². The highest BCUT2D eigenvalue weighted by molar-refractivity contribution is 6.31. The van der Waals surface area contributed by atoms with Crippen molar-refractivity contribution in [2.75, 3.05) is 5.32 Å². The van der Waals surface area contributed by atoms with Gasteiger partial charge in [-0.15, -0.1) is 0 Å². The van der Waals surface area contributed by atoms with Crippen LogP contribution in [0.2, 0.25) is 5.02 Å². The molecule has 0 aliphatic carbocycles. The molecule has 2 aromatic rings. The minimum Gasteiger partial charge on any atom is -0.364 e. The minimum absolute atomic E-state index is 0.0222. The lowest BCUT2D eigenvalue weighted by atomic mass is 10.3. The SMILES string of the molecule is Cc1c(Cl)cnn1CC(=O)Nc1cnn(C)c1C(N)=O. The molecule has 0 fully saturated rings. The average molecular weight is 297 g/mol. The molecule has 0 spiro atoms. The number of nitrogens with zero attached hydrogens (tertiary/aromatic N) is 4. The average Bonchev–Trinajstić information content (AvgIpc) is 2.87. The Morgan fingerprint density at radius 2 is 2.10 bits per heavy atom. The molecule has 0 saturated carbocycles. The van der Waals surface area contributed by atoms with E-state index in [1.54, 1.807) is 14.0 Å². The number of amides is 2. The van der Waals surface area contributed by atoms with E-state index in [0.717, 1.165) is 0 Å². The fourth-order valence-corrected chi connectivity index (χ4v) is 1.87. The van der Waals surface area contributed by atoms with Gasteiger partial charge in [-0.05, 0) is 6.92 Å². The van der Waals surface area contributed by atoms with Gasteiger partial charge in [0.25, 0.3) is 5.91 Å². The van der Waals surface area contributed by atoms with Gasteiger partial charge in [-0.3, -0.25) is 19.0 Å². The summed E-state index contributed by atoms with van der Waals surface area (Å²) in [7, 11) is 1.56. The highest BCUT2D eigenvalue weighted by Crippen LogP contribution is 2.15. The highest BCUT2D eigenvalue weighted by atomic mass is 35.5. The Morgan fingerprint density at radius 3 is 2.65 bits per heavy atom. The molecule has 0 radical (unpaired) electrons. The zero-order valence-electron chi connectivity index (χ0n) is 10.9. The van der Waals surface area contributed by atoms with E-state index in [4.69, 9.17) is 17.3 Å². The zero-order valence-corrected chi connectivity index (χ0v) is 11.7. The zero-order chi connectivity index (χ0) is 14.9. The van der Waals surface area contributed by atoms with Crippen LogP contribution in [0.4, 0.5) is 5.69 Å². The van der Waals surface area contributed by atoms with Crippen molar-refractivity contribution in [3.05, 3.63) is 28.8 Å². The van der Waals surface area contributed by atoms with Gasteiger partial charge in [0.05, 0.1) is 28.8 Å². The molecule has 0 bridgehead atoms. The molecule has 9 heteroatoms. The number of nitrogens with two attached hydrogens (primary N) is 1. The lowest BCUT2D eigenvalue weighted by molar-refractivity contribution is -0.116. The summed E-state index contributed by atoms with van der Waals surface area (Å²) in [6.07, 6.45) is 2.82. The predicted octanol–water partition coefficient (Wildman–Crippen LogP) is 0.316. The van der Waals surface area contributed by atoms with E-state index >= 15 is 0 Å². The second kappa shape index (κ2) is 5.33. The molecular formula is C11H13ClN6O2. The Morgan fingerprint density at radius 1 is 1.40 bits per heavy atom.